The number of H-pyrrole nitrogens is 1. The van der Waals surface area contributed by atoms with E-state index in [0.29, 0.717) is 31.1 Å². The van der Waals surface area contributed by atoms with Gasteiger partial charge in [0.1, 0.15) is 17.7 Å². The number of hydrogen-bond donors (Lipinski definition) is 1. The first kappa shape index (κ1) is 12.8. The SMILES string of the molecule is O=C(c1ncnc2[nH]ccc12)N1CCOCC1CC1CC1. The van der Waals surface area contributed by atoms with E-state index in [4.69, 9.17) is 4.74 Å². The number of nitrogens with zero attached hydrogens (tertiary/aromatic N) is 3. The van der Waals surface area contributed by atoms with E-state index in [2.05, 4.69) is 15.0 Å². The average molecular weight is 286 g/mol. The third-order valence-corrected chi connectivity index (χ3v) is 4.35. The van der Waals surface area contributed by atoms with Gasteiger partial charge in [-0.25, -0.2) is 9.97 Å². The van der Waals surface area contributed by atoms with E-state index in [-0.39, 0.29) is 11.9 Å². The fraction of sp³-hybridized carbons (Fsp3) is 0.533. The number of nitrogens with one attached hydrogen (secondary N) is 1. The van der Waals surface area contributed by atoms with Gasteiger partial charge in [-0.3, -0.25) is 4.79 Å². The fourth-order valence-electron chi connectivity index (χ4n) is 3.03. The molecule has 0 spiro atoms. The quantitative estimate of drug-likeness (QED) is 0.930. The maximum atomic E-state index is 12.9. The van der Waals surface area contributed by atoms with Crippen LogP contribution in [0.3, 0.4) is 0 Å². The van der Waals surface area contributed by atoms with Crippen molar-refractivity contribution < 1.29 is 9.53 Å². The number of carbonyl (C=O) groups excluding carboxylic acids is 1. The molecule has 4 rings (SSSR count). The zero-order chi connectivity index (χ0) is 14.2. The topological polar surface area (TPSA) is 71.1 Å². The Hall–Kier alpha value is -1.95. The van der Waals surface area contributed by atoms with Crippen molar-refractivity contribution in [1.82, 2.24) is 19.9 Å². The van der Waals surface area contributed by atoms with Crippen LogP contribution in [0.4, 0.5) is 0 Å². The molecule has 1 aliphatic heterocycles. The molecule has 2 fully saturated rings. The first-order chi connectivity index (χ1) is 10.3. The maximum absolute atomic E-state index is 12.9. The number of fused-ring (bicyclic) bond motifs is 1. The molecule has 1 N–H and O–H groups in total. The summed E-state index contributed by atoms with van der Waals surface area (Å²) in [7, 11) is 0. The standard InChI is InChI=1S/C15H18N4O2/c20-15(13-12-3-4-16-14(12)18-9-17-13)19-5-6-21-8-11(19)7-10-1-2-10/h3-4,9-11H,1-2,5-8H2,(H,16,17,18). The Morgan fingerprint density at radius 1 is 1.43 bits per heavy atom. The first-order valence-corrected chi connectivity index (χ1v) is 7.50. The van der Waals surface area contributed by atoms with E-state index >= 15 is 0 Å². The number of rotatable bonds is 3. The predicted molar refractivity (Wildman–Crippen MR) is 76.9 cm³/mol. The second-order valence-electron chi connectivity index (χ2n) is 5.87. The van der Waals surface area contributed by atoms with Gasteiger partial charge in [-0.2, -0.15) is 0 Å². The summed E-state index contributed by atoms with van der Waals surface area (Å²) in [6, 6.07) is 2.04. The lowest BCUT2D eigenvalue weighted by atomic mass is 10.1. The minimum Gasteiger partial charge on any atom is -0.377 e. The number of morpholine rings is 1. The van der Waals surface area contributed by atoms with Gasteiger partial charge in [0.2, 0.25) is 0 Å². The van der Waals surface area contributed by atoms with Crippen LogP contribution < -0.4 is 0 Å². The van der Waals surface area contributed by atoms with Crippen LogP contribution in [0.2, 0.25) is 0 Å². The average Bonchev–Trinajstić information content (AvgIpc) is 3.20. The van der Waals surface area contributed by atoms with Crippen LogP contribution in [0.5, 0.6) is 0 Å². The second-order valence-corrected chi connectivity index (χ2v) is 5.87. The van der Waals surface area contributed by atoms with Gasteiger partial charge >= 0.3 is 0 Å². The normalized spacial score (nSPS) is 22.7. The highest BCUT2D eigenvalue weighted by atomic mass is 16.5. The van der Waals surface area contributed by atoms with Crippen molar-refractivity contribution in [3.63, 3.8) is 0 Å². The first-order valence-electron chi connectivity index (χ1n) is 7.50. The molecule has 2 aromatic heterocycles. The maximum Gasteiger partial charge on any atom is 0.273 e. The highest BCUT2D eigenvalue weighted by molar-refractivity contribution is 6.03. The summed E-state index contributed by atoms with van der Waals surface area (Å²) in [4.78, 5) is 26.2. The lowest BCUT2D eigenvalue weighted by Crippen LogP contribution is -2.49. The largest absolute Gasteiger partial charge is 0.377 e. The molecule has 3 heterocycles. The second kappa shape index (κ2) is 5.11. The van der Waals surface area contributed by atoms with E-state index in [1.165, 1.54) is 19.2 Å². The zero-order valence-corrected chi connectivity index (χ0v) is 11.8. The summed E-state index contributed by atoms with van der Waals surface area (Å²) in [6.07, 6.45) is 6.86. The molecule has 6 heteroatoms. The Labute approximate surface area is 122 Å². The molecule has 1 amide bonds. The zero-order valence-electron chi connectivity index (χ0n) is 11.8. The minimum absolute atomic E-state index is 0.00375. The summed E-state index contributed by atoms with van der Waals surface area (Å²) in [5, 5.41) is 0.791. The highest BCUT2D eigenvalue weighted by Crippen LogP contribution is 2.35. The van der Waals surface area contributed by atoms with Gasteiger partial charge in [-0.15, -0.1) is 0 Å². The van der Waals surface area contributed by atoms with Gasteiger partial charge in [-0.1, -0.05) is 12.8 Å². The van der Waals surface area contributed by atoms with Crippen LogP contribution in [0.1, 0.15) is 29.8 Å². The summed E-state index contributed by atoms with van der Waals surface area (Å²) < 4.78 is 5.57. The molecule has 1 saturated carbocycles. The predicted octanol–water partition coefficient (Wildman–Crippen LogP) is 1.60. The van der Waals surface area contributed by atoms with Crippen molar-refractivity contribution >= 4 is 16.9 Å². The lowest BCUT2D eigenvalue weighted by molar-refractivity contribution is -0.00588. The van der Waals surface area contributed by atoms with E-state index in [1.807, 2.05) is 11.0 Å². The monoisotopic (exact) mass is 286 g/mol. The molecule has 0 bridgehead atoms. The van der Waals surface area contributed by atoms with Crippen molar-refractivity contribution in [1.29, 1.82) is 0 Å². The number of ether oxygens (including phenoxy) is 1. The van der Waals surface area contributed by atoms with Gasteiger partial charge in [-0.05, 0) is 18.4 Å². The molecule has 21 heavy (non-hydrogen) atoms. The third-order valence-electron chi connectivity index (χ3n) is 4.35. The van der Waals surface area contributed by atoms with Crippen LogP contribution in [-0.2, 0) is 4.74 Å². The smallest absolute Gasteiger partial charge is 0.273 e. The summed E-state index contributed by atoms with van der Waals surface area (Å²) in [5.74, 6) is 0.764. The van der Waals surface area contributed by atoms with Gasteiger partial charge in [0.25, 0.3) is 5.91 Å². The number of carbonyl (C=O) groups is 1. The number of aromatic nitrogens is 3. The van der Waals surface area contributed by atoms with Crippen molar-refractivity contribution in [2.24, 2.45) is 5.92 Å². The van der Waals surface area contributed by atoms with Crippen molar-refractivity contribution in [2.75, 3.05) is 19.8 Å². The molecule has 1 unspecified atom stereocenters. The van der Waals surface area contributed by atoms with Crippen molar-refractivity contribution in [2.45, 2.75) is 25.3 Å². The van der Waals surface area contributed by atoms with Gasteiger partial charge in [0, 0.05) is 12.7 Å². The highest BCUT2D eigenvalue weighted by Gasteiger charge is 2.34. The van der Waals surface area contributed by atoms with Crippen LogP contribution in [-0.4, -0.2) is 51.6 Å². The van der Waals surface area contributed by atoms with Gasteiger partial charge in [0.05, 0.1) is 24.6 Å². The Balaban J connectivity index is 1.63. The lowest BCUT2D eigenvalue weighted by Gasteiger charge is -2.35. The number of hydrogen-bond acceptors (Lipinski definition) is 4. The van der Waals surface area contributed by atoms with Crippen molar-refractivity contribution in [3.05, 3.63) is 24.3 Å². The van der Waals surface area contributed by atoms with Crippen LogP contribution in [0, 0.1) is 5.92 Å². The van der Waals surface area contributed by atoms with Crippen LogP contribution >= 0.6 is 0 Å². The molecule has 1 aliphatic carbocycles. The number of aromatic amines is 1. The van der Waals surface area contributed by atoms with Crippen molar-refractivity contribution in [3.8, 4) is 0 Å². The Bertz CT molecular complexity index is 664. The molecule has 110 valence electrons. The van der Waals surface area contributed by atoms with Gasteiger partial charge < -0.3 is 14.6 Å². The molecular weight excluding hydrogens is 268 g/mol. The van der Waals surface area contributed by atoms with Gasteiger partial charge in [0.15, 0.2) is 0 Å². The Morgan fingerprint density at radius 2 is 2.33 bits per heavy atom. The van der Waals surface area contributed by atoms with Crippen LogP contribution in [0.25, 0.3) is 11.0 Å². The van der Waals surface area contributed by atoms with Crippen LogP contribution in [0.15, 0.2) is 18.6 Å². The Kier molecular flexibility index (Phi) is 3.11. The summed E-state index contributed by atoms with van der Waals surface area (Å²) in [5.41, 5.74) is 1.20. The molecule has 0 aromatic carbocycles. The third kappa shape index (κ3) is 2.40. The molecule has 1 atom stereocenters. The van der Waals surface area contributed by atoms with E-state index in [1.54, 1.807) is 6.20 Å². The summed E-state index contributed by atoms with van der Waals surface area (Å²) in [6.45, 7) is 1.89. The molecule has 1 saturated heterocycles. The fourth-order valence-corrected chi connectivity index (χ4v) is 3.03. The number of amides is 1. The molecule has 6 nitrogen and oxygen atoms in total. The summed E-state index contributed by atoms with van der Waals surface area (Å²) >= 11 is 0. The minimum atomic E-state index is -0.00375. The molecule has 2 aromatic rings. The van der Waals surface area contributed by atoms with E-state index in [9.17, 15) is 4.79 Å². The van der Waals surface area contributed by atoms with E-state index in [0.717, 1.165) is 17.7 Å². The molecular formula is C15H18N4O2. The molecule has 0 radical (unpaired) electrons. The van der Waals surface area contributed by atoms with E-state index < -0.39 is 0 Å². The Morgan fingerprint density at radius 3 is 3.19 bits per heavy atom. The molecule has 2 aliphatic rings.